The first-order valence-electron chi connectivity index (χ1n) is 12.3. The highest BCUT2D eigenvalue weighted by Crippen LogP contribution is 2.57. The van der Waals surface area contributed by atoms with Gasteiger partial charge in [0.25, 0.3) is 5.92 Å². The fraction of sp³-hybridized carbons (Fsp3) is 0.640. The van der Waals surface area contributed by atoms with E-state index >= 15 is 0 Å². The zero-order valence-corrected chi connectivity index (χ0v) is 20.8. The molecule has 2 heterocycles. The number of carboxylic acids is 1. The summed E-state index contributed by atoms with van der Waals surface area (Å²) in [4.78, 5) is 31.3. The number of hydrogen-bond acceptors (Lipinski definition) is 6. The number of alkyl halides is 2. The van der Waals surface area contributed by atoms with Crippen molar-refractivity contribution in [3.8, 4) is 0 Å². The fourth-order valence-corrected chi connectivity index (χ4v) is 5.40. The highest BCUT2D eigenvalue weighted by molar-refractivity contribution is 5.85. The summed E-state index contributed by atoms with van der Waals surface area (Å²) in [7, 11) is 1.59. The van der Waals surface area contributed by atoms with Crippen LogP contribution in [0, 0.1) is 10.8 Å². The molecule has 2 bridgehead atoms. The van der Waals surface area contributed by atoms with Crippen molar-refractivity contribution in [2.75, 3.05) is 26.8 Å². The van der Waals surface area contributed by atoms with Gasteiger partial charge in [0.1, 0.15) is 0 Å². The van der Waals surface area contributed by atoms with Crippen molar-refractivity contribution in [2.24, 2.45) is 10.8 Å². The van der Waals surface area contributed by atoms with Crippen LogP contribution in [0.15, 0.2) is 24.5 Å². The minimum absolute atomic E-state index is 0.0719. The molecule has 2 aromatic heterocycles. The first kappa shape index (κ1) is 26.1. The van der Waals surface area contributed by atoms with Crippen LogP contribution in [-0.4, -0.2) is 68.7 Å². The third-order valence-electron chi connectivity index (χ3n) is 7.89. The first-order chi connectivity index (χ1) is 17.1. The SMILES string of the molecule is COCCN(CCc1cn(Cc2ccc(C(C)(F)F)cn2)nn1)C(=O)C12CCC(C(=O)O)(CC1)CC2. The van der Waals surface area contributed by atoms with E-state index in [0.717, 1.165) is 6.92 Å². The van der Waals surface area contributed by atoms with Gasteiger partial charge in [-0.1, -0.05) is 5.21 Å². The number of hydrogen-bond donors (Lipinski definition) is 1. The molecule has 0 radical (unpaired) electrons. The van der Waals surface area contributed by atoms with E-state index in [2.05, 4.69) is 15.3 Å². The quantitative estimate of drug-likeness (QED) is 0.499. The van der Waals surface area contributed by atoms with E-state index in [1.807, 2.05) is 4.90 Å². The monoisotopic (exact) mass is 505 g/mol. The van der Waals surface area contributed by atoms with Crippen LogP contribution in [0.4, 0.5) is 8.78 Å². The molecule has 3 saturated carbocycles. The van der Waals surface area contributed by atoms with Gasteiger partial charge in [-0.15, -0.1) is 5.10 Å². The molecular weight excluding hydrogens is 472 g/mol. The van der Waals surface area contributed by atoms with E-state index in [1.54, 1.807) is 24.1 Å². The van der Waals surface area contributed by atoms with E-state index in [-0.39, 0.29) is 11.5 Å². The lowest BCUT2D eigenvalue weighted by Crippen LogP contribution is -2.54. The number of methoxy groups -OCH3 is 1. The average Bonchev–Trinajstić information content (AvgIpc) is 3.31. The molecule has 196 valence electrons. The highest BCUT2D eigenvalue weighted by Gasteiger charge is 2.56. The van der Waals surface area contributed by atoms with E-state index in [4.69, 9.17) is 4.74 Å². The highest BCUT2D eigenvalue weighted by atomic mass is 19.3. The Balaban J connectivity index is 1.37. The number of carbonyl (C=O) groups is 2. The van der Waals surface area contributed by atoms with Crippen LogP contribution in [0.2, 0.25) is 0 Å². The molecule has 0 atom stereocenters. The van der Waals surface area contributed by atoms with Gasteiger partial charge in [-0.05, 0) is 50.7 Å². The van der Waals surface area contributed by atoms with E-state index in [0.29, 0.717) is 82.6 Å². The van der Waals surface area contributed by atoms with Crippen LogP contribution in [0.1, 0.15) is 62.4 Å². The third-order valence-corrected chi connectivity index (χ3v) is 7.89. The lowest BCUT2D eigenvalue weighted by Gasteiger charge is -2.51. The van der Waals surface area contributed by atoms with Crippen LogP contribution in [0.3, 0.4) is 0 Å². The molecular formula is C25H33F2N5O4. The molecule has 5 rings (SSSR count). The van der Waals surface area contributed by atoms with Crippen molar-refractivity contribution in [3.63, 3.8) is 0 Å². The molecule has 2 aromatic rings. The number of rotatable bonds is 11. The van der Waals surface area contributed by atoms with Gasteiger partial charge in [-0.2, -0.15) is 0 Å². The predicted octanol–water partition coefficient (Wildman–Crippen LogP) is 3.28. The molecule has 1 N–H and O–H groups in total. The molecule has 3 fully saturated rings. The number of carboxylic acid groups (broad SMARTS) is 1. The zero-order valence-electron chi connectivity index (χ0n) is 20.8. The topological polar surface area (TPSA) is 110 Å². The Hall–Kier alpha value is -2.95. The van der Waals surface area contributed by atoms with E-state index in [1.165, 1.54) is 12.3 Å². The molecule has 0 saturated heterocycles. The van der Waals surface area contributed by atoms with Crippen LogP contribution in [0.5, 0.6) is 0 Å². The molecule has 3 aliphatic carbocycles. The van der Waals surface area contributed by atoms with Crippen molar-refractivity contribution in [2.45, 2.75) is 64.3 Å². The smallest absolute Gasteiger partial charge is 0.309 e. The molecule has 36 heavy (non-hydrogen) atoms. The van der Waals surface area contributed by atoms with Gasteiger partial charge in [0, 0.05) is 56.9 Å². The summed E-state index contributed by atoms with van der Waals surface area (Å²) >= 11 is 0. The van der Waals surface area contributed by atoms with Crippen LogP contribution >= 0.6 is 0 Å². The molecule has 0 aliphatic heterocycles. The molecule has 1 amide bonds. The number of nitrogens with zero attached hydrogens (tertiary/aromatic N) is 5. The maximum atomic E-state index is 13.6. The maximum Gasteiger partial charge on any atom is 0.309 e. The summed E-state index contributed by atoms with van der Waals surface area (Å²) in [6.07, 6.45) is 6.89. The van der Waals surface area contributed by atoms with Crippen LogP contribution in [-0.2, 0) is 33.2 Å². The molecule has 11 heteroatoms. The number of pyridine rings is 1. The third kappa shape index (κ3) is 5.40. The predicted molar refractivity (Wildman–Crippen MR) is 125 cm³/mol. The lowest BCUT2D eigenvalue weighted by atomic mass is 9.53. The number of amides is 1. The molecule has 0 aromatic carbocycles. The largest absolute Gasteiger partial charge is 0.481 e. The number of carbonyl (C=O) groups excluding carboxylic acids is 1. The Bertz CT molecular complexity index is 1060. The summed E-state index contributed by atoms with van der Waals surface area (Å²) in [6, 6.07) is 2.90. The van der Waals surface area contributed by atoms with Gasteiger partial charge >= 0.3 is 5.97 Å². The van der Waals surface area contributed by atoms with Gasteiger partial charge in [0.2, 0.25) is 5.91 Å². The Morgan fingerprint density at radius 3 is 2.33 bits per heavy atom. The number of aliphatic carboxylic acids is 1. The van der Waals surface area contributed by atoms with E-state index in [9.17, 15) is 23.5 Å². The Kier molecular flexibility index (Phi) is 7.40. The second kappa shape index (κ2) is 10.2. The molecule has 3 aliphatic rings. The zero-order chi connectivity index (χ0) is 26.0. The van der Waals surface area contributed by atoms with Crippen molar-refractivity contribution in [1.29, 1.82) is 0 Å². The Morgan fingerprint density at radius 2 is 1.78 bits per heavy atom. The van der Waals surface area contributed by atoms with Gasteiger partial charge in [0.05, 0.1) is 30.0 Å². The average molecular weight is 506 g/mol. The van der Waals surface area contributed by atoms with Gasteiger partial charge in [-0.3, -0.25) is 14.6 Å². The minimum Gasteiger partial charge on any atom is -0.481 e. The second-order valence-corrected chi connectivity index (χ2v) is 10.2. The van der Waals surface area contributed by atoms with Gasteiger partial charge < -0.3 is 14.7 Å². The standard InChI is InChI=1S/C25H33F2N5O4/c1-23(26,27)18-3-4-19(28-15-18)16-32-17-20(29-30-32)5-12-31(13-14-36-2)21(33)24-6-9-25(10-7-24,11-8-24)22(34)35/h3-4,15,17H,5-14,16H2,1-2H3,(H,34,35). The number of aromatic nitrogens is 4. The Labute approximate surface area is 208 Å². The fourth-order valence-electron chi connectivity index (χ4n) is 5.40. The minimum atomic E-state index is -2.94. The Morgan fingerprint density at radius 1 is 1.11 bits per heavy atom. The van der Waals surface area contributed by atoms with Gasteiger partial charge in [0.15, 0.2) is 0 Å². The number of ether oxygens (including phenoxy) is 1. The lowest BCUT2D eigenvalue weighted by molar-refractivity contribution is -0.167. The number of halogens is 2. The van der Waals surface area contributed by atoms with Gasteiger partial charge in [-0.25, -0.2) is 13.5 Å². The molecule has 9 nitrogen and oxygen atoms in total. The molecule has 0 unspecified atom stereocenters. The first-order valence-corrected chi connectivity index (χ1v) is 12.3. The van der Waals surface area contributed by atoms with Crippen LogP contribution in [0.25, 0.3) is 0 Å². The van der Waals surface area contributed by atoms with Crippen molar-refractivity contribution >= 4 is 11.9 Å². The summed E-state index contributed by atoms with van der Waals surface area (Å²) in [5, 5.41) is 18.0. The summed E-state index contributed by atoms with van der Waals surface area (Å²) in [5.74, 6) is -3.61. The van der Waals surface area contributed by atoms with Crippen LogP contribution < -0.4 is 0 Å². The second-order valence-electron chi connectivity index (χ2n) is 10.2. The number of fused-ring (bicyclic) bond motifs is 3. The van der Waals surface area contributed by atoms with Crippen molar-refractivity contribution in [3.05, 3.63) is 41.5 Å². The summed E-state index contributed by atoms with van der Waals surface area (Å²) < 4.78 is 33.6. The summed E-state index contributed by atoms with van der Waals surface area (Å²) in [6.45, 7) is 2.44. The van der Waals surface area contributed by atoms with Crippen molar-refractivity contribution < 1.29 is 28.2 Å². The van der Waals surface area contributed by atoms with E-state index < -0.39 is 22.7 Å². The maximum absolute atomic E-state index is 13.6. The van der Waals surface area contributed by atoms with Crippen molar-refractivity contribution in [1.82, 2.24) is 24.9 Å². The summed E-state index contributed by atoms with van der Waals surface area (Å²) in [5.41, 5.74) is -0.00494. The normalized spacial score (nSPS) is 23.6. The molecule has 0 spiro atoms.